The molecule has 2 fully saturated rings. The molecular weight excluding hydrogens is 266 g/mol. The number of amides is 3. The fraction of sp³-hybridized carbons (Fsp3) is 0.875. The van der Waals surface area contributed by atoms with E-state index in [1.807, 2.05) is 4.90 Å². The predicted octanol–water partition coefficient (Wildman–Crippen LogP) is 2.21. The largest absolute Gasteiger partial charge is 0.351 e. The second-order valence-corrected chi connectivity index (χ2v) is 6.64. The highest BCUT2D eigenvalue weighted by atomic mass is 16.2. The fourth-order valence-electron chi connectivity index (χ4n) is 3.66. The molecule has 0 unspecified atom stereocenters. The molecular formula is C16H29N3O2. The van der Waals surface area contributed by atoms with E-state index in [1.54, 1.807) is 4.90 Å². The zero-order valence-electron chi connectivity index (χ0n) is 13.2. The van der Waals surface area contributed by atoms with E-state index >= 15 is 0 Å². The van der Waals surface area contributed by atoms with Gasteiger partial charge in [-0.3, -0.25) is 4.79 Å². The van der Waals surface area contributed by atoms with E-state index in [-0.39, 0.29) is 11.9 Å². The lowest BCUT2D eigenvalue weighted by Gasteiger charge is -2.29. The van der Waals surface area contributed by atoms with Crippen LogP contribution in [0.2, 0.25) is 0 Å². The zero-order valence-corrected chi connectivity index (χ0v) is 13.2. The lowest BCUT2D eigenvalue weighted by atomic mass is 9.79. The van der Waals surface area contributed by atoms with Gasteiger partial charge in [-0.05, 0) is 18.3 Å². The van der Waals surface area contributed by atoms with Crippen molar-refractivity contribution in [1.29, 1.82) is 0 Å². The molecule has 0 aromatic carbocycles. The molecule has 5 heteroatoms. The molecule has 0 aromatic rings. The van der Waals surface area contributed by atoms with Gasteiger partial charge in [-0.15, -0.1) is 0 Å². The summed E-state index contributed by atoms with van der Waals surface area (Å²) in [5.41, 5.74) is 5.32. The zero-order chi connectivity index (χ0) is 15.2. The van der Waals surface area contributed by atoms with Crippen LogP contribution in [0.25, 0.3) is 0 Å². The molecule has 2 N–H and O–H groups in total. The third-order valence-corrected chi connectivity index (χ3v) is 5.11. The maximum absolute atomic E-state index is 12.5. The molecule has 1 aliphatic heterocycles. The van der Waals surface area contributed by atoms with E-state index in [2.05, 4.69) is 6.92 Å². The maximum atomic E-state index is 12.5. The van der Waals surface area contributed by atoms with Crippen LogP contribution in [0.5, 0.6) is 0 Å². The number of nitrogens with zero attached hydrogens (tertiary/aromatic N) is 2. The quantitative estimate of drug-likeness (QED) is 0.867. The van der Waals surface area contributed by atoms with Gasteiger partial charge in [0.05, 0.1) is 0 Å². The maximum Gasteiger partial charge on any atom is 0.314 e. The van der Waals surface area contributed by atoms with Gasteiger partial charge in [0.25, 0.3) is 0 Å². The van der Waals surface area contributed by atoms with Crippen molar-refractivity contribution in [1.82, 2.24) is 9.80 Å². The summed E-state index contributed by atoms with van der Waals surface area (Å²) in [6, 6.07) is -0.375. The normalized spacial score (nSPS) is 22.7. The summed E-state index contributed by atoms with van der Waals surface area (Å²) in [6.45, 7) is 4.83. The highest BCUT2D eigenvalue weighted by Gasteiger charge is 2.26. The number of carbonyl (C=O) groups excluding carboxylic acids is 2. The van der Waals surface area contributed by atoms with Crippen LogP contribution in [0.1, 0.15) is 51.9 Å². The number of urea groups is 1. The van der Waals surface area contributed by atoms with Gasteiger partial charge in [0.1, 0.15) is 0 Å². The smallest absolute Gasteiger partial charge is 0.314 e. The van der Waals surface area contributed by atoms with Crippen LogP contribution in [0.15, 0.2) is 0 Å². The van der Waals surface area contributed by atoms with Gasteiger partial charge in [0.2, 0.25) is 5.91 Å². The Morgan fingerprint density at radius 3 is 2.29 bits per heavy atom. The number of hydrogen-bond acceptors (Lipinski definition) is 2. The van der Waals surface area contributed by atoms with Crippen LogP contribution in [0, 0.1) is 11.8 Å². The Labute approximate surface area is 127 Å². The van der Waals surface area contributed by atoms with Gasteiger partial charge in [0, 0.05) is 32.6 Å². The second kappa shape index (κ2) is 7.66. The summed E-state index contributed by atoms with van der Waals surface area (Å²) in [5.74, 6) is 1.45. The Morgan fingerprint density at radius 2 is 1.62 bits per heavy atom. The molecule has 120 valence electrons. The van der Waals surface area contributed by atoms with Gasteiger partial charge >= 0.3 is 6.03 Å². The first-order valence-corrected chi connectivity index (χ1v) is 8.40. The topological polar surface area (TPSA) is 66.6 Å². The third kappa shape index (κ3) is 4.61. The molecule has 5 nitrogen and oxygen atoms in total. The molecule has 1 saturated carbocycles. The van der Waals surface area contributed by atoms with Crippen molar-refractivity contribution in [2.24, 2.45) is 17.6 Å². The van der Waals surface area contributed by atoms with Crippen LogP contribution < -0.4 is 5.73 Å². The fourth-order valence-corrected chi connectivity index (χ4v) is 3.66. The molecule has 21 heavy (non-hydrogen) atoms. The molecule has 1 heterocycles. The Hall–Kier alpha value is -1.26. The lowest BCUT2D eigenvalue weighted by molar-refractivity contribution is -0.132. The van der Waals surface area contributed by atoms with Crippen LogP contribution in [0.4, 0.5) is 4.79 Å². The average molecular weight is 295 g/mol. The Morgan fingerprint density at radius 1 is 1.00 bits per heavy atom. The van der Waals surface area contributed by atoms with E-state index in [1.165, 1.54) is 32.1 Å². The Balaban J connectivity index is 1.80. The van der Waals surface area contributed by atoms with Crippen LogP contribution >= 0.6 is 0 Å². The molecule has 2 rings (SSSR count). The minimum atomic E-state index is -0.375. The highest BCUT2D eigenvalue weighted by Crippen LogP contribution is 2.31. The van der Waals surface area contributed by atoms with Crippen molar-refractivity contribution in [3.05, 3.63) is 0 Å². The number of nitrogens with two attached hydrogens (primary N) is 1. The van der Waals surface area contributed by atoms with Crippen molar-refractivity contribution in [3.63, 3.8) is 0 Å². The number of primary amides is 1. The van der Waals surface area contributed by atoms with E-state index in [9.17, 15) is 9.59 Å². The van der Waals surface area contributed by atoms with Crippen LogP contribution in [-0.4, -0.2) is 47.9 Å². The monoisotopic (exact) mass is 295 g/mol. The Bertz CT molecular complexity index is 367. The van der Waals surface area contributed by atoms with E-state index in [0.717, 1.165) is 18.9 Å². The molecule has 3 amide bonds. The van der Waals surface area contributed by atoms with E-state index < -0.39 is 0 Å². The predicted molar refractivity (Wildman–Crippen MR) is 82.7 cm³/mol. The molecule has 1 atom stereocenters. The summed E-state index contributed by atoms with van der Waals surface area (Å²) in [5, 5.41) is 0. The molecule has 0 spiro atoms. The summed E-state index contributed by atoms with van der Waals surface area (Å²) in [7, 11) is 0. The van der Waals surface area contributed by atoms with Crippen molar-refractivity contribution in [2.45, 2.75) is 51.9 Å². The van der Waals surface area contributed by atoms with Gasteiger partial charge in [0.15, 0.2) is 0 Å². The molecule has 1 saturated heterocycles. The second-order valence-electron chi connectivity index (χ2n) is 6.64. The standard InChI is InChI=1S/C16H29N3O2/c1-13(14-6-3-2-4-7-14)12-15(20)18-8-5-9-19(11-10-18)16(17)21/h13-14H,2-12H2,1H3,(H2,17,21)/t13-/m1/s1. The number of carbonyl (C=O) groups is 2. The molecule has 2 aliphatic rings. The number of hydrogen-bond donors (Lipinski definition) is 1. The van der Waals surface area contributed by atoms with Crippen molar-refractivity contribution < 1.29 is 9.59 Å². The number of rotatable bonds is 3. The molecule has 0 radical (unpaired) electrons. The summed E-state index contributed by atoms with van der Waals surface area (Å²) in [4.78, 5) is 27.2. The minimum absolute atomic E-state index is 0.249. The molecule has 0 bridgehead atoms. The Kier molecular flexibility index (Phi) is 5.88. The van der Waals surface area contributed by atoms with Gasteiger partial charge in [-0.1, -0.05) is 39.0 Å². The lowest BCUT2D eigenvalue weighted by Crippen LogP contribution is -2.40. The van der Waals surface area contributed by atoms with E-state index in [4.69, 9.17) is 5.73 Å². The first-order chi connectivity index (χ1) is 10.1. The summed E-state index contributed by atoms with van der Waals surface area (Å²) in [6.07, 6.45) is 8.04. The summed E-state index contributed by atoms with van der Waals surface area (Å²) < 4.78 is 0. The third-order valence-electron chi connectivity index (χ3n) is 5.11. The van der Waals surface area contributed by atoms with E-state index in [0.29, 0.717) is 32.0 Å². The van der Waals surface area contributed by atoms with Crippen LogP contribution in [-0.2, 0) is 4.79 Å². The molecule has 1 aliphatic carbocycles. The van der Waals surface area contributed by atoms with Gasteiger partial charge in [-0.2, -0.15) is 0 Å². The SMILES string of the molecule is C[C@H](CC(=O)N1CCCN(C(N)=O)CC1)C1CCCCC1. The molecule has 0 aromatic heterocycles. The summed E-state index contributed by atoms with van der Waals surface area (Å²) >= 11 is 0. The van der Waals surface area contributed by atoms with Gasteiger partial charge in [-0.25, -0.2) is 4.79 Å². The van der Waals surface area contributed by atoms with Crippen molar-refractivity contribution >= 4 is 11.9 Å². The first kappa shape index (κ1) is 16.1. The van der Waals surface area contributed by atoms with Gasteiger partial charge < -0.3 is 15.5 Å². The van der Waals surface area contributed by atoms with Crippen molar-refractivity contribution in [3.8, 4) is 0 Å². The highest BCUT2D eigenvalue weighted by molar-refractivity contribution is 5.77. The van der Waals surface area contributed by atoms with Crippen molar-refractivity contribution in [2.75, 3.05) is 26.2 Å². The average Bonchev–Trinajstić information content (AvgIpc) is 2.74. The minimum Gasteiger partial charge on any atom is -0.351 e. The first-order valence-electron chi connectivity index (χ1n) is 8.40. The van der Waals surface area contributed by atoms with Crippen LogP contribution in [0.3, 0.4) is 0 Å².